The summed E-state index contributed by atoms with van der Waals surface area (Å²) in [4.78, 5) is 0. The first-order chi connectivity index (χ1) is 3.81. The van der Waals surface area contributed by atoms with Gasteiger partial charge in [-0.25, -0.2) is 0 Å². The summed E-state index contributed by atoms with van der Waals surface area (Å²) < 4.78 is 4.63. The summed E-state index contributed by atoms with van der Waals surface area (Å²) >= 11 is 5.14. The molecule has 0 heterocycles. The molecule has 8 heavy (non-hydrogen) atoms. The van der Waals surface area contributed by atoms with Crippen LogP contribution in [0.4, 0.5) is 0 Å². The normalized spacial score (nSPS) is 14.1. The summed E-state index contributed by atoms with van der Waals surface area (Å²) in [7, 11) is -0.105. The first kappa shape index (κ1) is 8.13. The first-order valence-corrected chi connectivity index (χ1v) is 3.86. The molecule has 2 unspecified atom stereocenters. The van der Waals surface area contributed by atoms with E-state index in [2.05, 4.69) is 4.52 Å². The molecule has 0 aliphatic rings. The Balaban J connectivity index is 3.02. The zero-order chi connectivity index (χ0) is 6.41. The molecule has 0 spiro atoms. The second-order valence-electron chi connectivity index (χ2n) is 1.12. The monoisotopic (exact) mass is 152 g/mol. The Hall–Kier alpha value is 0.130. The smallest absolute Gasteiger partial charge is 0.117 e. The van der Waals surface area contributed by atoms with E-state index in [0.29, 0.717) is 0 Å². The van der Waals surface area contributed by atoms with Crippen molar-refractivity contribution < 1.29 is 4.52 Å². The molecule has 0 amide bonds. The zero-order valence-corrected chi connectivity index (χ0v) is 5.85. The van der Waals surface area contributed by atoms with Crippen LogP contribution in [0.2, 0.25) is 0 Å². The van der Waals surface area contributed by atoms with Gasteiger partial charge in [-0.05, 0) is 0 Å². The summed E-state index contributed by atoms with van der Waals surface area (Å²) in [6.07, 6.45) is 0. The van der Waals surface area contributed by atoms with E-state index in [-0.39, 0.29) is 14.8 Å². The van der Waals surface area contributed by atoms with Gasteiger partial charge in [0.1, 0.15) is 14.2 Å². The lowest BCUT2D eigenvalue weighted by atomic mass is 10.4. The molecule has 2 atom stereocenters. The predicted molar refractivity (Wildman–Crippen MR) is 33.7 cm³/mol. The van der Waals surface area contributed by atoms with Crippen LogP contribution >= 0.6 is 19.4 Å². The molecule has 0 saturated carbocycles. The zero-order valence-electron chi connectivity index (χ0n) is 4.10. The van der Waals surface area contributed by atoms with Crippen molar-refractivity contribution in [3.05, 3.63) is 0 Å². The molecule has 0 bridgehead atoms. The Labute approximate surface area is 54.4 Å². The quantitative estimate of drug-likeness (QED) is 0.603. The van der Waals surface area contributed by atoms with E-state index < -0.39 is 6.04 Å². The average molecular weight is 153 g/mol. The van der Waals surface area contributed by atoms with Crippen molar-refractivity contribution in [3.63, 3.8) is 0 Å². The van der Waals surface area contributed by atoms with Crippen molar-refractivity contribution in [2.45, 2.75) is 6.04 Å². The molecule has 0 aliphatic carbocycles. The number of nitriles is 1. The topological polar surface area (TPSA) is 59.0 Å². The van der Waals surface area contributed by atoms with Gasteiger partial charge in [-0.15, -0.1) is 0 Å². The van der Waals surface area contributed by atoms with Gasteiger partial charge in [-0.1, -0.05) is 11.2 Å². The number of nitrogens with zero attached hydrogens (tertiary/aromatic N) is 1. The fourth-order valence-electron chi connectivity index (χ4n) is 0.159. The van der Waals surface area contributed by atoms with E-state index in [1.165, 1.54) is 0 Å². The van der Waals surface area contributed by atoms with Gasteiger partial charge in [0.05, 0.1) is 12.7 Å². The van der Waals surface area contributed by atoms with Gasteiger partial charge in [-0.2, -0.15) is 5.26 Å². The van der Waals surface area contributed by atoms with Crippen molar-refractivity contribution >= 4 is 19.4 Å². The summed E-state index contributed by atoms with van der Waals surface area (Å²) in [5.41, 5.74) is 5.12. The van der Waals surface area contributed by atoms with Crippen LogP contribution in [0.5, 0.6) is 0 Å². The van der Waals surface area contributed by atoms with Crippen LogP contribution < -0.4 is 5.73 Å². The van der Waals surface area contributed by atoms with Crippen LogP contribution in [-0.4, -0.2) is 12.6 Å². The Morgan fingerprint density at radius 2 is 2.62 bits per heavy atom. The molecule has 46 valence electrons. The van der Waals surface area contributed by atoms with Crippen molar-refractivity contribution in [3.8, 4) is 6.07 Å². The Morgan fingerprint density at radius 3 is 3.00 bits per heavy atom. The number of nitrogens with two attached hydrogens (primary N) is 1. The molecule has 2 N–H and O–H groups in total. The highest BCUT2D eigenvalue weighted by molar-refractivity contribution is 7.64. The number of halogens is 1. The predicted octanol–water partition coefficient (Wildman–Crippen LogP) is 0.601. The summed E-state index contributed by atoms with van der Waals surface area (Å²) in [6.45, 7) is 0.221. The summed E-state index contributed by atoms with van der Waals surface area (Å²) in [5.74, 6) is 0. The highest BCUT2D eigenvalue weighted by atomic mass is 35.7. The van der Waals surface area contributed by atoms with Gasteiger partial charge in [0.25, 0.3) is 0 Å². The lowest BCUT2D eigenvalue weighted by molar-refractivity contribution is 0.357. The van der Waals surface area contributed by atoms with E-state index in [1.54, 1.807) is 6.07 Å². The Kier molecular flexibility index (Phi) is 5.36. The standard InChI is InChI=1S/C3H6ClN2OP/c4-8-7-2-3(6)1-5/h3,8H,2,6H2. The Bertz CT molecular complexity index is 93.8. The van der Waals surface area contributed by atoms with Gasteiger partial charge < -0.3 is 10.3 Å². The van der Waals surface area contributed by atoms with Gasteiger partial charge >= 0.3 is 0 Å². The molecular weight excluding hydrogens is 146 g/mol. The second-order valence-corrected chi connectivity index (χ2v) is 2.03. The lowest BCUT2D eigenvalue weighted by Crippen LogP contribution is -2.21. The molecule has 5 heteroatoms. The van der Waals surface area contributed by atoms with Crippen LogP contribution in [0, 0.1) is 11.3 Å². The van der Waals surface area contributed by atoms with E-state index in [9.17, 15) is 0 Å². The summed E-state index contributed by atoms with van der Waals surface area (Å²) in [5, 5.41) is 8.07. The average Bonchev–Trinajstić information content (AvgIpc) is 1.83. The van der Waals surface area contributed by atoms with Gasteiger partial charge in [-0.3, -0.25) is 0 Å². The number of hydrogen-bond donors (Lipinski definition) is 1. The van der Waals surface area contributed by atoms with Crippen molar-refractivity contribution in [1.82, 2.24) is 0 Å². The third-order valence-electron chi connectivity index (χ3n) is 0.483. The molecule has 0 rings (SSSR count). The highest BCUT2D eigenvalue weighted by Gasteiger charge is 1.96. The maximum absolute atomic E-state index is 8.07. The molecule has 3 nitrogen and oxygen atoms in total. The van der Waals surface area contributed by atoms with Crippen molar-refractivity contribution in [2.24, 2.45) is 5.73 Å². The maximum atomic E-state index is 8.07. The van der Waals surface area contributed by atoms with Crippen LogP contribution in [0.1, 0.15) is 0 Å². The minimum Gasteiger partial charge on any atom is -0.343 e. The Morgan fingerprint density at radius 1 is 2.00 bits per heavy atom. The number of rotatable bonds is 3. The third-order valence-corrected chi connectivity index (χ3v) is 1.09. The lowest BCUT2D eigenvalue weighted by Gasteiger charge is -1.97. The van der Waals surface area contributed by atoms with Crippen molar-refractivity contribution in [2.75, 3.05) is 6.61 Å². The fourth-order valence-corrected chi connectivity index (χ4v) is 0.590. The molecule has 0 aromatic rings. The molecule has 0 aromatic heterocycles. The molecule has 0 aliphatic heterocycles. The molecule has 0 aromatic carbocycles. The van der Waals surface area contributed by atoms with Crippen LogP contribution in [0.25, 0.3) is 0 Å². The van der Waals surface area contributed by atoms with E-state index in [0.717, 1.165) is 0 Å². The highest BCUT2D eigenvalue weighted by Crippen LogP contribution is 2.16. The van der Waals surface area contributed by atoms with E-state index in [1.807, 2.05) is 0 Å². The molecule has 0 saturated heterocycles. The number of hydrogen-bond acceptors (Lipinski definition) is 3. The van der Waals surface area contributed by atoms with Crippen LogP contribution in [-0.2, 0) is 4.52 Å². The minimum atomic E-state index is -0.541. The van der Waals surface area contributed by atoms with Crippen molar-refractivity contribution in [1.29, 1.82) is 5.26 Å². The van der Waals surface area contributed by atoms with E-state index >= 15 is 0 Å². The van der Waals surface area contributed by atoms with Crippen LogP contribution in [0.15, 0.2) is 0 Å². The first-order valence-electron chi connectivity index (χ1n) is 1.94. The molecular formula is C3H6ClN2OP. The minimum absolute atomic E-state index is 0.105. The third kappa shape index (κ3) is 4.29. The van der Waals surface area contributed by atoms with E-state index in [4.69, 9.17) is 22.2 Å². The molecule has 0 radical (unpaired) electrons. The summed E-state index contributed by atoms with van der Waals surface area (Å²) in [6, 6.07) is 1.26. The second kappa shape index (κ2) is 5.27. The van der Waals surface area contributed by atoms with Gasteiger partial charge in [0, 0.05) is 0 Å². The maximum Gasteiger partial charge on any atom is 0.117 e. The SMILES string of the molecule is N#CC(N)COPCl. The van der Waals surface area contributed by atoms with Gasteiger partial charge in [0.15, 0.2) is 0 Å². The fraction of sp³-hybridized carbons (Fsp3) is 0.667. The molecule has 0 fully saturated rings. The van der Waals surface area contributed by atoms with Crippen LogP contribution in [0.3, 0.4) is 0 Å². The largest absolute Gasteiger partial charge is 0.343 e. The van der Waals surface area contributed by atoms with Gasteiger partial charge in [0.2, 0.25) is 0 Å².